The topological polar surface area (TPSA) is 43.4 Å². The van der Waals surface area contributed by atoms with Crippen molar-refractivity contribution >= 4 is 28.4 Å². The predicted molar refractivity (Wildman–Crippen MR) is 96.3 cm³/mol. The third kappa shape index (κ3) is 7.05. The first kappa shape index (κ1) is 20.2. The van der Waals surface area contributed by atoms with Gasteiger partial charge in [-0.15, -0.1) is 11.6 Å². The molecule has 0 heterocycles. The Hall–Kier alpha value is -0.870. The quantitative estimate of drug-likeness (QED) is 0.556. The van der Waals surface area contributed by atoms with Gasteiger partial charge in [-0.3, -0.25) is 9.00 Å². The van der Waals surface area contributed by atoms with Crippen LogP contribution < -0.4 is 0 Å². The van der Waals surface area contributed by atoms with Gasteiger partial charge in [0.2, 0.25) is 0 Å². The molecule has 0 bridgehead atoms. The van der Waals surface area contributed by atoms with E-state index in [1.807, 2.05) is 65.8 Å². The maximum Gasteiger partial charge on any atom is 0.306 e. The highest BCUT2D eigenvalue weighted by Gasteiger charge is 2.33. The van der Waals surface area contributed by atoms with E-state index in [4.69, 9.17) is 16.3 Å². The average Bonchev–Trinajstić information content (AvgIpc) is 2.36. The van der Waals surface area contributed by atoms with Crippen LogP contribution in [0, 0.1) is 12.3 Å². The molecular formula is C18H27ClO3S. The fraction of sp³-hybridized carbons (Fsp3) is 0.611. The molecule has 0 fully saturated rings. The van der Waals surface area contributed by atoms with E-state index in [0.717, 1.165) is 10.5 Å². The van der Waals surface area contributed by atoms with Crippen LogP contribution in [-0.2, 0) is 20.3 Å². The summed E-state index contributed by atoms with van der Waals surface area (Å²) < 4.78 is 17.8. The van der Waals surface area contributed by atoms with Gasteiger partial charge >= 0.3 is 5.97 Å². The van der Waals surface area contributed by atoms with E-state index in [9.17, 15) is 9.00 Å². The Labute approximate surface area is 147 Å². The van der Waals surface area contributed by atoms with E-state index in [2.05, 4.69) is 0 Å². The maximum absolute atomic E-state index is 12.4. The van der Waals surface area contributed by atoms with Crippen molar-refractivity contribution in [3.05, 3.63) is 29.8 Å². The molecule has 0 saturated heterocycles. The van der Waals surface area contributed by atoms with Crippen LogP contribution in [0.3, 0.4) is 0 Å². The number of carbonyl (C=O) groups excluding carboxylic acids is 1. The second-order valence-electron chi connectivity index (χ2n) is 7.54. The van der Waals surface area contributed by atoms with E-state index in [0.29, 0.717) is 5.75 Å². The molecule has 2 unspecified atom stereocenters. The summed E-state index contributed by atoms with van der Waals surface area (Å²) in [5.74, 6) is 0.0229. The molecule has 0 spiro atoms. The number of rotatable bonds is 6. The molecule has 23 heavy (non-hydrogen) atoms. The Morgan fingerprint density at radius 3 is 2.17 bits per heavy atom. The summed E-state index contributed by atoms with van der Waals surface area (Å²) in [5, 5.41) is -0.392. The zero-order valence-corrected chi connectivity index (χ0v) is 16.4. The number of esters is 1. The van der Waals surface area contributed by atoms with Crippen LogP contribution in [-0.4, -0.2) is 26.9 Å². The lowest BCUT2D eigenvalue weighted by Gasteiger charge is -2.30. The number of hydrogen-bond donors (Lipinski definition) is 0. The van der Waals surface area contributed by atoms with Crippen LogP contribution in [0.1, 0.15) is 46.6 Å². The Bertz CT molecular complexity index is 559. The summed E-state index contributed by atoms with van der Waals surface area (Å²) in [7, 11) is -1.19. The van der Waals surface area contributed by atoms with Crippen LogP contribution in [0.4, 0.5) is 0 Å². The van der Waals surface area contributed by atoms with Gasteiger partial charge in [-0.25, -0.2) is 0 Å². The van der Waals surface area contributed by atoms with Crippen LogP contribution in [0.2, 0.25) is 0 Å². The lowest BCUT2D eigenvalue weighted by Crippen LogP contribution is -2.34. The largest absolute Gasteiger partial charge is 0.460 e. The average molecular weight is 359 g/mol. The number of ether oxygens (including phenoxy) is 1. The summed E-state index contributed by atoms with van der Waals surface area (Å²) >= 11 is 6.46. The smallest absolute Gasteiger partial charge is 0.306 e. The SMILES string of the molecule is Cc1ccc(S(=O)CC(Cl)C(C)(C)CC(=O)OC(C)(C)C)cc1. The normalized spacial score (nSPS) is 15.1. The first-order valence-electron chi connectivity index (χ1n) is 7.72. The van der Waals surface area contributed by atoms with Gasteiger partial charge in [-0.2, -0.15) is 0 Å². The minimum absolute atomic E-state index is 0.198. The Balaban J connectivity index is 2.67. The highest BCUT2D eigenvalue weighted by atomic mass is 35.5. The Morgan fingerprint density at radius 2 is 1.70 bits per heavy atom. The Morgan fingerprint density at radius 1 is 1.17 bits per heavy atom. The van der Waals surface area contributed by atoms with Crippen molar-refractivity contribution in [3.63, 3.8) is 0 Å². The molecule has 3 nitrogen and oxygen atoms in total. The molecule has 0 saturated carbocycles. The predicted octanol–water partition coefficient (Wildman–Crippen LogP) is 4.47. The van der Waals surface area contributed by atoms with Crippen LogP contribution in [0.15, 0.2) is 29.2 Å². The third-order valence-electron chi connectivity index (χ3n) is 3.45. The molecule has 0 aliphatic carbocycles. The first-order valence-corrected chi connectivity index (χ1v) is 9.47. The molecule has 0 amide bonds. The Kier molecular flexibility index (Phi) is 6.84. The van der Waals surface area contributed by atoms with E-state index in [-0.39, 0.29) is 12.4 Å². The van der Waals surface area contributed by atoms with Gasteiger partial charge in [-0.05, 0) is 45.2 Å². The van der Waals surface area contributed by atoms with Crippen molar-refractivity contribution in [2.45, 2.75) is 63.8 Å². The number of halogens is 1. The van der Waals surface area contributed by atoms with Crippen molar-refractivity contribution < 1.29 is 13.7 Å². The van der Waals surface area contributed by atoms with E-state index in [1.54, 1.807) is 0 Å². The lowest BCUT2D eigenvalue weighted by atomic mass is 9.86. The minimum atomic E-state index is -1.19. The molecule has 0 aromatic heterocycles. The summed E-state index contributed by atoms with van der Waals surface area (Å²) in [6, 6.07) is 7.58. The summed E-state index contributed by atoms with van der Waals surface area (Å²) in [4.78, 5) is 12.8. The van der Waals surface area contributed by atoms with Crippen molar-refractivity contribution in [2.75, 3.05) is 5.75 Å². The van der Waals surface area contributed by atoms with Gasteiger partial charge in [-0.1, -0.05) is 31.5 Å². The molecule has 0 radical (unpaired) electrons. The third-order valence-corrected chi connectivity index (χ3v) is 5.81. The van der Waals surface area contributed by atoms with Gasteiger partial charge in [0, 0.05) is 10.6 Å². The van der Waals surface area contributed by atoms with Crippen molar-refractivity contribution in [1.29, 1.82) is 0 Å². The molecule has 1 aromatic rings. The van der Waals surface area contributed by atoms with Crippen LogP contribution in [0.25, 0.3) is 0 Å². The molecule has 0 aliphatic rings. The summed E-state index contributed by atoms with van der Waals surface area (Å²) in [6.45, 7) is 11.3. The van der Waals surface area contributed by atoms with Gasteiger partial charge in [0.1, 0.15) is 5.60 Å². The molecule has 5 heteroatoms. The lowest BCUT2D eigenvalue weighted by molar-refractivity contribution is -0.157. The molecule has 1 rings (SSSR count). The fourth-order valence-corrected chi connectivity index (χ4v) is 3.77. The molecule has 130 valence electrons. The summed E-state index contributed by atoms with van der Waals surface area (Å²) in [6.07, 6.45) is 0.198. The fourth-order valence-electron chi connectivity index (χ4n) is 2.01. The molecule has 1 aromatic carbocycles. The standard InChI is InChI=1S/C18H27ClO3S/c1-13-7-9-14(10-8-13)23(21)12-15(19)18(5,6)11-16(20)22-17(2,3)4/h7-10,15H,11-12H2,1-6H3. The molecular weight excluding hydrogens is 332 g/mol. The van der Waals surface area contributed by atoms with Gasteiger partial charge in [0.15, 0.2) is 0 Å². The molecule has 0 N–H and O–H groups in total. The zero-order chi connectivity index (χ0) is 17.8. The molecule has 0 aliphatic heterocycles. The van der Waals surface area contributed by atoms with Crippen molar-refractivity contribution in [3.8, 4) is 0 Å². The van der Waals surface area contributed by atoms with Gasteiger partial charge < -0.3 is 4.74 Å². The van der Waals surface area contributed by atoms with E-state index >= 15 is 0 Å². The summed E-state index contributed by atoms with van der Waals surface area (Å²) in [5.41, 5.74) is 0.114. The first-order chi connectivity index (χ1) is 10.4. The number of aryl methyl sites for hydroxylation is 1. The second kappa shape index (κ2) is 7.80. The number of carbonyl (C=O) groups is 1. The number of alkyl halides is 1. The number of hydrogen-bond acceptors (Lipinski definition) is 3. The number of benzene rings is 1. The highest BCUT2D eigenvalue weighted by molar-refractivity contribution is 7.85. The maximum atomic E-state index is 12.4. The monoisotopic (exact) mass is 358 g/mol. The van der Waals surface area contributed by atoms with E-state index in [1.165, 1.54) is 0 Å². The van der Waals surface area contributed by atoms with Crippen LogP contribution >= 0.6 is 11.6 Å². The zero-order valence-electron chi connectivity index (χ0n) is 14.8. The highest BCUT2D eigenvalue weighted by Crippen LogP contribution is 2.32. The van der Waals surface area contributed by atoms with Crippen molar-refractivity contribution in [1.82, 2.24) is 0 Å². The van der Waals surface area contributed by atoms with Gasteiger partial charge in [0.05, 0.1) is 22.6 Å². The molecule has 2 atom stereocenters. The minimum Gasteiger partial charge on any atom is -0.460 e. The van der Waals surface area contributed by atoms with Crippen molar-refractivity contribution in [2.24, 2.45) is 5.41 Å². The van der Waals surface area contributed by atoms with Gasteiger partial charge in [0.25, 0.3) is 0 Å². The van der Waals surface area contributed by atoms with E-state index < -0.39 is 27.2 Å². The van der Waals surface area contributed by atoms with Crippen LogP contribution in [0.5, 0.6) is 0 Å². The second-order valence-corrected chi connectivity index (χ2v) is 9.57.